The molecule has 1 saturated heterocycles. The number of hydrogen-bond acceptors (Lipinski definition) is 5. The number of rotatable bonds is 3. The summed E-state index contributed by atoms with van der Waals surface area (Å²) < 4.78 is 24.9. The van der Waals surface area contributed by atoms with Gasteiger partial charge in [0.2, 0.25) is 0 Å². The maximum atomic E-state index is 11.6. The van der Waals surface area contributed by atoms with Gasteiger partial charge in [0.15, 0.2) is 9.84 Å². The molecular formula is C18H17ClN4O2S. The van der Waals surface area contributed by atoms with Gasteiger partial charge in [-0.15, -0.1) is 0 Å². The molecule has 0 aliphatic carbocycles. The topological polar surface area (TPSA) is 68.1 Å². The Bertz CT molecular complexity index is 1020. The molecule has 26 heavy (non-hydrogen) atoms. The van der Waals surface area contributed by atoms with Gasteiger partial charge in [-0.3, -0.25) is 4.98 Å². The van der Waals surface area contributed by atoms with Gasteiger partial charge in [0.25, 0.3) is 0 Å². The molecule has 1 aliphatic heterocycles. The first-order chi connectivity index (χ1) is 12.5. The first-order valence-electron chi connectivity index (χ1n) is 8.22. The standard InChI is InChI=1S/C18H17ClN4O2S/c19-16-9-18(12-20-11-16)23-13-15(10-21-23)14-1-3-17(4-2-14)22-5-7-26(24,25)8-6-22/h1-4,9-13H,5-8H2. The second-order valence-electron chi connectivity index (χ2n) is 6.22. The van der Waals surface area contributed by atoms with Crippen LogP contribution < -0.4 is 4.90 Å². The number of halogens is 1. The molecule has 2 aromatic heterocycles. The molecule has 0 spiro atoms. The molecule has 0 N–H and O–H groups in total. The molecule has 0 unspecified atom stereocenters. The molecule has 1 aliphatic rings. The zero-order valence-electron chi connectivity index (χ0n) is 13.9. The highest BCUT2D eigenvalue weighted by atomic mass is 35.5. The summed E-state index contributed by atoms with van der Waals surface area (Å²) in [7, 11) is -2.87. The van der Waals surface area contributed by atoms with Crippen LogP contribution in [0.15, 0.2) is 55.1 Å². The Morgan fingerprint density at radius 3 is 2.35 bits per heavy atom. The van der Waals surface area contributed by atoms with E-state index in [1.165, 1.54) is 0 Å². The van der Waals surface area contributed by atoms with Crippen LogP contribution in [-0.2, 0) is 9.84 Å². The average molecular weight is 389 g/mol. The van der Waals surface area contributed by atoms with Gasteiger partial charge < -0.3 is 4.90 Å². The summed E-state index contributed by atoms with van der Waals surface area (Å²) in [4.78, 5) is 6.18. The van der Waals surface area contributed by atoms with Gasteiger partial charge in [0.1, 0.15) is 0 Å². The lowest BCUT2D eigenvalue weighted by Crippen LogP contribution is -2.40. The fourth-order valence-corrected chi connectivity index (χ4v) is 4.34. The van der Waals surface area contributed by atoms with Gasteiger partial charge in [0.05, 0.1) is 34.6 Å². The van der Waals surface area contributed by atoms with Crippen molar-refractivity contribution >= 4 is 27.1 Å². The van der Waals surface area contributed by atoms with Crippen molar-refractivity contribution < 1.29 is 8.42 Å². The fourth-order valence-electron chi connectivity index (χ4n) is 2.97. The lowest BCUT2D eigenvalue weighted by molar-refractivity contribution is 0.587. The zero-order valence-corrected chi connectivity index (χ0v) is 15.5. The van der Waals surface area contributed by atoms with Crippen molar-refractivity contribution in [2.45, 2.75) is 0 Å². The second kappa shape index (κ2) is 6.74. The molecule has 134 valence electrons. The van der Waals surface area contributed by atoms with E-state index < -0.39 is 9.84 Å². The Kier molecular flexibility index (Phi) is 4.42. The van der Waals surface area contributed by atoms with Crippen LogP contribution in [0.5, 0.6) is 0 Å². The fraction of sp³-hybridized carbons (Fsp3) is 0.222. The van der Waals surface area contributed by atoms with Crippen molar-refractivity contribution in [3.63, 3.8) is 0 Å². The number of anilines is 1. The third-order valence-corrected chi connectivity index (χ3v) is 6.26. The summed E-state index contributed by atoms with van der Waals surface area (Å²) in [6, 6.07) is 9.89. The summed E-state index contributed by atoms with van der Waals surface area (Å²) in [5, 5.41) is 4.94. The third kappa shape index (κ3) is 3.59. The highest BCUT2D eigenvalue weighted by Crippen LogP contribution is 2.25. The molecule has 0 saturated carbocycles. The van der Waals surface area contributed by atoms with Crippen molar-refractivity contribution in [1.82, 2.24) is 14.8 Å². The van der Waals surface area contributed by atoms with E-state index in [1.54, 1.807) is 29.3 Å². The Hall–Kier alpha value is -2.38. The summed E-state index contributed by atoms with van der Waals surface area (Å²) >= 11 is 5.98. The maximum Gasteiger partial charge on any atom is 0.153 e. The van der Waals surface area contributed by atoms with E-state index in [9.17, 15) is 8.42 Å². The summed E-state index contributed by atoms with van der Waals surface area (Å²) in [6.07, 6.45) is 7.01. The van der Waals surface area contributed by atoms with Gasteiger partial charge in [-0.05, 0) is 23.8 Å². The molecule has 6 nitrogen and oxygen atoms in total. The van der Waals surface area contributed by atoms with E-state index >= 15 is 0 Å². The predicted octanol–water partition coefficient (Wildman–Crippen LogP) is 2.82. The Morgan fingerprint density at radius 2 is 1.65 bits per heavy atom. The van der Waals surface area contributed by atoms with Gasteiger partial charge in [-0.25, -0.2) is 13.1 Å². The van der Waals surface area contributed by atoms with Gasteiger partial charge >= 0.3 is 0 Å². The van der Waals surface area contributed by atoms with E-state index in [0.29, 0.717) is 18.1 Å². The molecular weight excluding hydrogens is 372 g/mol. The van der Waals surface area contributed by atoms with Crippen molar-refractivity contribution in [3.05, 3.63) is 60.1 Å². The smallest absolute Gasteiger partial charge is 0.153 e. The van der Waals surface area contributed by atoms with Gasteiger partial charge in [0, 0.05) is 36.7 Å². The average Bonchev–Trinajstić information content (AvgIpc) is 3.12. The normalized spacial score (nSPS) is 16.6. The van der Waals surface area contributed by atoms with Crippen molar-refractivity contribution in [2.24, 2.45) is 0 Å². The molecule has 4 rings (SSSR count). The quantitative estimate of drug-likeness (QED) is 0.690. The largest absolute Gasteiger partial charge is 0.369 e. The molecule has 0 amide bonds. The van der Waals surface area contributed by atoms with E-state index in [2.05, 4.69) is 15.0 Å². The van der Waals surface area contributed by atoms with Gasteiger partial charge in [-0.2, -0.15) is 5.10 Å². The van der Waals surface area contributed by atoms with Crippen molar-refractivity contribution in [3.8, 4) is 16.8 Å². The molecule has 0 atom stereocenters. The maximum absolute atomic E-state index is 11.6. The van der Waals surface area contributed by atoms with Crippen LogP contribution in [0.1, 0.15) is 0 Å². The zero-order chi connectivity index (χ0) is 18.1. The molecule has 3 aromatic rings. The van der Waals surface area contributed by atoms with Crippen LogP contribution in [0, 0.1) is 0 Å². The van der Waals surface area contributed by atoms with Crippen LogP contribution in [0.4, 0.5) is 5.69 Å². The summed E-state index contributed by atoms with van der Waals surface area (Å²) in [6.45, 7) is 1.09. The highest BCUT2D eigenvalue weighted by Gasteiger charge is 2.21. The molecule has 0 radical (unpaired) electrons. The molecule has 1 fully saturated rings. The van der Waals surface area contributed by atoms with E-state index in [1.807, 2.05) is 30.5 Å². The SMILES string of the molecule is O=S1(=O)CCN(c2ccc(-c3cnn(-c4cncc(Cl)c4)c3)cc2)CC1. The van der Waals surface area contributed by atoms with E-state index in [4.69, 9.17) is 11.6 Å². The predicted molar refractivity (Wildman–Crippen MR) is 103 cm³/mol. The lowest BCUT2D eigenvalue weighted by Gasteiger charge is -2.28. The van der Waals surface area contributed by atoms with Crippen LogP contribution in [-0.4, -0.2) is 47.8 Å². The number of benzene rings is 1. The van der Waals surface area contributed by atoms with E-state index in [0.717, 1.165) is 22.5 Å². The summed E-state index contributed by atoms with van der Waals surface area (Å²) in [5.41, 5.74) is 3.86. The molecule has 1 aromatic carbocycles. The number of aromatic nitrogens is 3. The second-order valence-corrected chi connectivity index (χ2v) is 8.96. The first-order valence-corrected chi connectivity index (χ1v) is 10.4. The Morgan fingerprint density at radius 1 is 0.923 bits per heavy atom. The summed E-state index contributed by atoms with van der Waals surface area (Å²) in [5.74, 6) is 0.435. The Labute approximate surface area is 157 Å². The van der Waals surface area contributed by atoms with Gasteiger partial charge in [-0.1, -0.05) is 23.7 Å². The van der Waals surface area contributed by atoms with Crippen LogP contribution in [0.25, 0.3) is 16.8 Å². The lowest BCUT2D eigenvalue weighted by atomic mass is 10.1. The minimum absolute atomic E-state index is 0.217. The molecule has 3 heterocycles. The number of nitrogens with zero attached hydrogens (tertiary/aromatic N) is 4. The number of sulfone groups is 1. The third-order valence-electron chi connectivity index (χ3n) is 4.45. The monoisotopic (exact) mass is 388 g/mol. The first kappa shape index (κ1) is 17.1. The minimum atomic E-state index is -2.87. The van der Waals surface area contributed by atoms with Crippen LogP contribution >= 0.6 is 11.6 Å². The highest BCUT2D eigenvalue weighted by molar-refractivity contribution is 7.91. The number of pyridine rings is 1. The van der Waals surface area contributed by atoms with Crippen LogP contribution in [0.3, 0.4) is 0 Å². The Balaban J connectivity index is 1.53. The van der Waals surface area contributed by atoms with Crippen molar-refractivity contribution in [2.75, 3.05) is 29.5 Å². The number of hydrogen-bond donors (Lipinski definition) is 0. The van der Waals surface area contributed by atoms with E-state index in [-0.39, 0.29) is 11.5 Å². The van der Waals surface area contributed by atoms with Crippen molar-refractivity contribution in [1.29, 1.82) is 0 Å². The molecule has 0 bridgehead atoms. The van der Waals surface area contributed by atoms with Crippen LogP contribution in [0.2, 0.25) is 5.02 Å². The minimum Gasteiger partial charge on any atom is -0.369 e. The molecule has 8 heteroatoms.